The third-order valence-corrected chi connectivity index (χ3v) is 6.81. The van der Waals surface area contributed by atoms with Crippen molar-refractivity contribution in [3.05, 3.63) is 11.8 Å². The Kier molecular flexibility index (Phi) is 6.66. The highest BCUT2D eigenvalue weighted by atomic mass is 31.2. The number of allylic oxidation sites excluding steroid dienone is 1. The average molecular weight is 333 g/mol. The van der Waals surface area contributed by atoms with E-state index in [1.165, 1.54) is 5.57 Å². The van der Waals surface area contributed by atoms with E-state index in [9.17, 15) is 4.57 Å². The molecule has 0 bridgehead atoms. The lowest BCUT2D eigenvalue weighted by atomic mass is 10.1. The molecule has 1 rings (SSSR count). The molecule has 0 spiro atoms. The second-order valence-electron chi connectivity index (χ2n) is 6.75. The van der Waals surface area contributed by atoms with Gasteiger partial charge in [-0.25, -0.2) is 9.34 Å². The zero-order chi connectivity index (χ0) is 17.1. The van der Waals surface area contributed by atoms with E-state index in [0.717, 1.165) is 12.8 Å². The van der Waals surface area contributed by atoms with Crippen LogP contribution in [0.25, 0.3) is 0 Å². The molecule has 0 saturated carbocycles. The molecule has 6 nitrogen and oxygen atoms in total. The second kappa shape index (κ2) is 7.45. The standard InChI is InChI=1S/C15H32N3O3P/c1-13(9-10-14-12-20-15(2,3)21-14)11-18(8)22(19,16(4)5)17(6)7/h11,14H,9-10,12H2,1-8H3/b13-11+. The highest BCUT2D eigenvalue weighted by Crippen LogP contribution is 2.52. The lowest BCUT2D eigenvalue weighted by molar-refractivity contribution is -0.138. The Labute approximate surface area is 135 Å². The average Bonchev–Trinajstić information content (AvgIpc) is 2.74. The molecule has 1 atom stereocenters. The minimum Gasteiger partial charge on any atom is -0.348 e. The maximum atomic E-state index is 13.1. The van der Waals surface area contributed by atoms with Crippen LogP contribution >= 0.6 is 7.59 Å². The van der Waals surface area contributed by atoms with Gasteiger partial charge >= 0.3 is 7.59 Å². The molecule has 1 aliphatic rings. The molecule has 1 heterocycles. The third kappa shape index (κ3) is 4.80. The van der Waals surface area contributed by atoms with Gasteiger partial charge in [-0.15, -0.1) is 0 Å². The first kappa shape index (κ1) is 19.7. The van der Waals surface area contributed by atoms with Crippen LogP contribution in [0.2, 0.25) is 0 Å². The number of nitrogens with zero attached hydrogens (tertiary/aromatic N) is 3. The van der Waals surface area contributed by atoms with Crippen molar-refractivity contribution in [2.75, 3.05) is 41.8 Å². The van der Waals surface area contributed by atoms with Gasteiger partial charge in [0.15, 0.2) is 5.79 Å². The van der Waals surface area contributed by atoms with E-state index >= 15 is 0 Å². The van der Waals surface area contributed by atoms with Crippen molar-refractivity contribution in [1.82, 2.24) is 14.0 Å². The summed E-state index contributed by atoms with van der Waals surface area (Å²) in [6.45, 7) is 6.58. The molecule has 1 fully saturated rings. The van der Waals surface area contributed by atoms with Crippen molar-refractivity contribution >= 4 is 7.59 Å². The van der Waals surface area contributed by atoms with Gasteiger partial charge < -0.3 is 14.1 Å². The molecule has 7 heteroatoms. The third-order valence-electron chi connectivity index (χ3n) is 3.79. The molecule has 130 valence electrons. The summed E-state index contributed by atoms with van der Waals surface area (Å²) in [4.78, 5) is 0. The number of hydrogen-bond donors (Lipinski definition) is 0. The van der Waals surface area contributed by atoms with Gasteiger partial charge in [0, 0.05) is 13.2 Å². The van der Waals surface area contributed by atoms with Crippen molar-refractivity contribution in [3.8, 4) is 0 Å². The van der Waals surface area contributed by atoms with Gasteiger partial charge in [-0.05, 0) is 61.8 Å². The maximum absolute atomic E-state index is 13.1. The van der Waals surface area contributed by atoms with E-state index < -0.39 is 13.4 Å². The van der Waals surface area contributed by atoms with Crippen molar-refractivity contribution in [2.24, 2.45) is 0 Å². The smallest absolute Gasteiger partial charge is 0.309 e. The van der Waals surface area contributed by atoms with Crippen molar-refractivity contribution in [3.63, 3.8) is 0 Å². The Morgan fingerprint density at radius 3 is 2.18 bits per heavy atom. The number of ether oxygens (including phenoxy) is 2. The molecule has 1 saturated heterocycles. The molecule has 0 radical (unpaired) electrons. The van der Waals surface area contributed by atoms with Crippen molar-refractivity contribution < 1.29 is 14.0 Å². The molecule has 1 aliphatic heterocycles. The lowest BCUT2D eigenvalue weighted by Crippen LogP contribution is -2.30. The highest BCUT2D eigenvalue weighted by Gasteiger charge is 2.33. The van der Waals surface area contributed by atoms with E-state index in [1.807, 2.05) is 60.0 Å². The fraction of sp³-hybridized carbons (Fsp3) is 0.867. The summed E-state index contributed by atoms with van der Waals surface area (Å²) in [6, 6.07) is 0. The molecule has 0 amide bonds. The van der Waals surface area contributed by atoms with Crippen LogP contribution in [0.15, 0.2) is 11.8 Å². The normalized spacial score (nSPS) is 22.6. The lowest BCUT2D eigenvalue weighted by Gasteiger charge is -2.36. The fourth-order valence-electron chi connectivity index (χ4n) is 2.67. The quantitative estimate of drug-likeness (QED) is 0.668. The zero-order valence-corrected chi connectivity index (χ0v) is 16.2. The predicted octanol–water partition coefficient (Wildman–Crippen LogP) is 2.99. The van der Waals surface area contributed by atoms with Crippen LogP contribution in [-0.2, 0) is 14.0 Å². The van der Waals surface area contributed by atoms with Gasteiger partial charge in [0.25, 0.3) is 0 Å². The maximum Gasteiger partial charge on any atom is 0.309 e. The van der Waals surface area contributed by atoms with E-state index in [-0.39, 0.29) is 6.10 Å². The molecular formula is C15H32N3O3P. The fourth-order valence-corrected chi connectivity index (χ4v) is 4.87. The van der Waals surface area contributed by atoms with Crippen molar-refractivity contribution in [1.29, 1.82) is 0 Å². The summed E-state index contributed by atoms with van der Waals surface area (Å²) in [5, 5.41) is 0. The van der Waals surface area contributed by atoms with Crippen LogP contribution in [0, 0.1) is 0 Å². The largest absolute Gasteiger partial charge is 0.348 e. The molecule has 0 aromatic rings. The van der Waals surface area contributed by atoms with Crippen LogP contribution in [0.4, 0.5) is 0 Å². The molecule has 0 aliphatic carbocycles. The van der Waals surface area contributed by atoms with E-state index in [4.69, 9.17) is 9.47 Å². The summed E-state index contributed by atoms with van der Waals surface area (Å²) >= 11 is 0. The first-order valence-electron chi connectivity index (χ1n) is 7.67. The van der Waals surface area contributed by atoms with Crippen LogP contribution in [-0.4, -0.2) is 67.7 Å². The Balaban J connectivity index is 2.62. The zero-order valence-electron chi connectivity index (χ0n) is 15.3. The first-order valence-corrected chi connectivity index (χ1v) is 9.23. The monoisotopic (exact) mass is 333 g/mol. The highest BCUT2D eigenvalue weighted by molar-refractivity contribution is 7.56. The van der Waals surface area contributed by atoms with Gasteiger partial charge in [0.05, 0.1) is 12.7 Å². The van der Waals surface area contributed by atoms with Gasteiger partial charge in [0.2, 0.25) is 0 Å². The Morgan fingerprint density at radius 1 is 1.23 bits per heavy atom. The summed E-state index contributed by atoms with van der Waals surface area (Å²) < 4.78 is 29.8. The van der Waals surface area contributed by atoms with Gasteiger partial charge in [-0.1, -0.05) is 5.57 Å². The van der Waals surface area contributed by atoms with Gasteiger partial charge in [-0.2, -0.15) is 0 Å². The topological polar surface area (TPSA) is 45.3 Å². The second-order valence-corrected chi connectivity index (χ2v) is 10.0. The van der Waals surface area contributed by atoms with Crippen molar-refractivity contribution in [2.45, 2.75) is 45.5 Å². The molecule has 22 heavy (non-hydrogen) atoms. The Bertz CT molecular complexity index is 437. The van der Waals surface area contributed by atoms with Gasteiger partial charge in [-0.3, -0.25) is 4.57 Å². The molecule has 0 N–H and O–H groups in total. The van der Waals surface area contributed by atoms with E-state index in [1.54, 1.807) is 9.34 Å². The number of hydrogen-bond acceptors (Lipinski definition) is 3. The van der Waals surface area contributed by atoms with Crippen LogP contribution in [0.3, 0.4) is 0 Å². The molecular weight excluding hydrogens is 301 g/mol. The predicted molar refractivity (Wildman–Crippen MR) is 90.6 cm³/mol. The Morgan fingerprint density at radius 2 is 1.77 bits per heavy atom. The number of rotatable bonds is 7. The first-order chi connectivity index (χ1) is 9.99. The summed E-state index contributed by atoms with van der Waals surface area (Å²) in [5.41, 5.74) is 1.18. The molecule has 0 aromatic heterocycles. The summed E-state index contributed by atoms with van der Waals surface area (Å²) in [7, 11) is 6.51. The molecule has 1 unspecified atom stereocenters. The minimum absolute atomic E-state index is 0.137. The SMILES string of the molecule is C/C(=C\N(C)P(=O)(N(C)C)N(C)C)CCC1COC(C)(C)O1. The summed E-state index contributed by atoms with van der Waals surface area (Å²) in [5.74, 6) is -0.468. The van der Waals surface area contributed by atoms with Crippen LogP contribution in [0.5, 0.6) is 0 Å². The summed E-state index contributed by atoms with van der Waals surface area (Å²) in [6.07, 6.45) is 3.92. The van der Waals surface area contributed by atoms with Crippen LogP contribution in [0.1, 0.15) is 33.6 Å². The van der Waals surface area contributed by atoms with E-state index in [2.05, 4.69) is 6.92 Å². The minimum atomic E-state index is -2.71. The van der Waals surface area contributed by atoms with Gasteiger partial charge in [0.1, 0.15) is 0 Å². The van der Waals surface area contributed by atoms with Crippen LogP contribution < -0.4 is 0 Å². The Hall–Kier alpha value is -0.390. The molecule has 0 aromatic carbocycles. The van der Waals surface area contributed by atoms with E-state index in [0.29, 0.717) is 6.61 Å².